The summed E-state index contributed by atoms with van der Waals surface area (Å²) >= 11 is 0. The van der Waals surface area contributed by atoms with E-state index in [-0.39, 0.29) is 17.8 Å². The van der Waals surface area contributed by atoms with Crippen molar-refractivity contribution in [1.29, 1.82) is 0 Å². The summed E-state index contributed by atoms with van der Waals surface area (Å²) in [5.74, 6) is -0.0342. The third-order valence-electron chi connectivity index (χ3n) is 2.72. The van der Waals surface area contributed by atoms with E-state index in [2.05, 4.69) is 15.0 Å². The lowest BCUT2D eigenvalue weighted by Gasteiger charge is -2.10. The summed E-state index contributed by atoms with van der Waals surface area (Å²) < 4.78 is 5.71. The number of nitrogens with one attached hydrogen (secondary N) is 1. The molecule has 0 saturated carbocycles. The van der Waals surface area contributed by atoms with Gasteiger partial charge in [-0.05, 0) is 0 Å². The van der Waals surface area contributed by atoms with Gasteiger partial charge >= 0.3 is 0 Å². The molecule has 1 heterocycles. The van der Waals surface area contributed by atoms with Crippen molar-refractivity contribution in [2.75, 3.05) is 11.9 Å². The first kappa shape index (κ1) is 14.4. The fourth-order valence-corrected chi connectivity index (χ4v) is 1.74. The van der Waals surface area contributed by atoms with Crippen LogP contribution in [0.2, 0.25) is 0 Å². The largest absolute Gasteiger partial charge is 0.458 e. The number of nitrogens with zero attached hydrogens (tertiary/aromatic N) is 2. The summed E-state index contributed by atoms with van der Waals surface area (Å²) in [5, 5.41) is 2.41. The maximum Gasteiger partial charge on any atom is 0.293 e. The summed E-state index contributed by atoms with van der Waals surface area (Å²) in [4.78, 5) is 37.7. The van der Waals surface area contributed by atoms with E-state index in [9.17, 15) is 14.4 Å². The van der Waals surface area contributed by atoms with Gasteiger partial charge in [0.1, 0.15) is 11.6 Å². The molecule has 108 valence electrons. The van der Waals surface area contributed by atoms with Crippen LogP contribution in [0.4, 0.5) is 5.82 Å². The Morgan fingerprint density at radius 3 is 2.76 bits per heavy atom. The van der Waals surface area contributed by atoms with Gasteiger partial charge in [0.15, 0.2) is 6.61 Å². The molecule has 0 fully saturated rings. The topological polar surface area (TPSA) is 90.3 Å². The SMILES string of the molecule is Cn1c(-c2ccccc2)nc(NC(=O)COC=O)cc1=O. The van der Waals surface area contributed by atoms with E-state index in [1.54, 1.807) is 7.05 Å². The van der Waals surface area contributed by atoms with Crippen LogP contribution in [0.3, 0.4) is 0 Å². The highest BCUT2D eigenvalue weighted by Crippen LogP contribution is 2.15. The van der Waals surface area contributed by atoms with Gasteiger partial charge < -0.3 is 10.1 Å². The van der Waals surface area contributed by atoms with Crippen molar-refractivity contribution in [3.05, 3.63) is 46.8 Å². The zero-order valence-corrected chi connectivity index (χ0v) is 11.3. The van der Waals surface area contributed by atoms with Crippen LogP contribution in [0.15, 0.2) is 41.2 Å². The molecule has 21 heavy (non-hydrogen) atoms. The van der Waals surface area contributed by atoms with Gasteiger partial charge in [-0.2, -0.15) is 0 Å². The number of ether oxygens (including phenoxy) is 1. The molecule has 2 rings (SSSR count). The standard InChI is InChI=1S/C14H13N3O4/c1-17-13(20)7-11(15-12(19)8-21-9-18)16-14(17)10-5-3-2-4-6-10/h2-7,9H,8H2,1H3,(H,15,19). The monoisotopic (exact) mass is 287 g/mol. The molecule has 0 aliphatic carbocycles. The molecular weight excluding hydrogens is 274 g/mol. The third kappa shape index (κ3) is 3.53. The first-order valence-corrected chi connectivity index (χ1v) is 6.10. The highest BCUT2D eigenvalue weighted by atomic mass is 16.5. The van der Waals surface area contributed by atoms with E-state index in [4.69, 9.17) is 0 Å². The fraction of sp³-hybridized carbons (Fsp3) is 0.143. The lowest BCUT2D eigenvalue weighted by molar-refractivity contribution is -0.135. The Balaban J connectivity index is 2.33. The van der Waals surface area contributed by atoms with Gasteiger partial charge in [-0.25, -0.2) is 4.98 Å². The van der Waals surface area contributed by atoms with Crippen LogP contribution in [0.25, 0.3) is 11.4 Å². The number of carbonyl (C=O) groups is 2. The number of aromatic nitrogens is 2. The number of rotatable bonds is 5. The molecule has 7 heteroatoms. The molecule has 1 aromatic carbocycles. The first-order chi connectivity index (χ1) is 10.1. The van der Waals surface area contributed by atoms with E-state index < -0.39 is 12.5 Å². The normalized spacial score (nSPS) is 9.95. The predicted molar refractivity (Wildman–Crippen MR) is 75.6 cm³/mol. The predicted octanol–water partition coefficient (Wildman–Crippen LogP) is 0.559. The van der Waals surface area contributed by atoms with E-state index in [1.807, 2.05) is 30.3 Å². The smallest absolute Gasteiger partial charge is 0.293 e. The van der Waals surface area contributed by atoms with Crippen molar-refractivity contribution < 1.29 is 14.3 Å². The Morgan fingerprint density at radius 2 is 2.10 bits per heavy atom. The molecule has 0 aliphatic rings. The quantitative estimate of drug-likeness (QED) is 0.811. The summed E-state index contributed by atoms with van der Waals surface area (Å²) in [7, 11) is 1.60. The van der Waals surface area contributed by atoms with Crippen LogP contribution in [0.1, 0.15) is 0 Å². The first-order valence-electron chi connectivity index (χ1n) is 6.10. The Kier molecular flexibility index (Phi) is 4.45. The number of anilines is 1. The molecular formula is C14H13N3O4. The second kappa shape index (κ2) is 6.47. The van der Waals surface area contributed by atoms with Crippen LogP contribution >= 0.6 is 0 Å². The summed E-state index contributed by atoms with van der Waals surface area (Å²) in [5.41, 5.74) is 0.438. The maximum atomic E-state index is 11.9. The molecule has 0 spiro atoms. The van der Waals surface area contributed by atoms with Gasteiger partial charge in [0, 0.05) is 18.7 Å². The molecule has 1 amide bonds. The van der Waals surface area contributed by atoms with Gasteiger partial charge in [-0.1, -0.05) is 30.3 Å². The summed E-state index contributed by atoms with van der Waals surface area (Å²) in [6.07, 6.45) is 0. The van der Waals surface area contributed by atoms with Crippen LogP contribution in [0.5, 0.6) is 0 Å². The molecule has 1 N–H and O–H groups in total. The van der Waals surface area contributed by atoms with Crippen molar-refractivity contribution in [1.82, 2.24) is 9.55 Å². The Hall–Kier alpha value is -2.96. The number of amides is 1. The van der Waals surface area contributed by atoms with E-state index in [0.717, 1.165) is 5.56 Å². The van der Waals surface area contributed by atoms with Gasteiger partial charge in [-0.3, -0.25) is 19.0 Å². The Labute approximate surface area is 120 Å². The molecule has 2 aromatic rings. The average Bonchev–Trinajstić information content (AvgIpc) is 2.49. The molecule has 0 radical (unpaired) electrons. The van der Waals surface area contributed by atoms with Crippen LogP contribution in [0, 0.1) is 0 Å². The van der Waals surface area contributed by atoms with Crippen molar-refractivity contribution in [2.24, 2.45) is 7.05 Å². The molecule has 0 bridgehead atoms. The van der Waals surface area contributed by atoms with Gasteiger partial charge in [0.2, 0.25) is 0 Å². The average molecular weight is 287 g/mol. The number of hydrogen-bond acceptors (Lipinski definition) is 5. The van der Waals surface area contributed by atoms with Gasteiger partial charge in [0.25, 0.3) is 17.9 Å². The molecule has 7 nitrogen and oxygen atoms in total. The second-order valence-corrected chi connectivity index (χ2v) is 4.18. The van der Waals surface area contributed by atoms with E-state index >= 15 is 0 Å². The van der Waals surface area contributed by atoms with E-state index in [1.165, 1.54) is 10.6 Å². The second-order valence-electron chi connectivity index (χ2n) is 4.18. The number of benzene rings is 1. The minimum absolute atomic E-state index is 0.108. The maximum absolute atomic E-state index is 11.9. The number of carbonyl (C=O) groups excluding carboxylic acids is 2. The lowest BCUT2D eigenvalue weighted by atomic mass is 10.2. The van der Waals surface area contributed by atoms with Crippen molar-refractivity contribution in [2.45, 2.75) is 0 Å². The summed E-state index contributed by atoms with van der Waals surface area (Å²) in [6, 6.07) is 10.3. The Bertz CT molecular complexity index is 710. The summed E-state index contributed by atoms with van der Waals surface area (Å²) in [6.45, 7) is -0.256. The van der Waals surface area contributed by atoms with Gasteiger partial charge in [0.05, 0.1) is 0 Å². The third-order valence-corrected chi connectivity index (χ3v) is 2.72. The van der Waals surface area contributed by atoms with Crippen LogP contribution in [-0.4, -0.2) is 28.5 Å². The van der Waals surface area contributed by atoms with Crippen LogP contribution < -0.4 is 10.9 Å². The molecule has 0 unspecified atom stereocenters. The van der Waals surface area contributed by atoms with Crippen molar-refractivity contribution in [3.8, 4) is 11.4 Å². The van der Waals surface area contributed by atoms with E-state index in [0.29, 0.717) is 5.82 Å². The van der Waals surface area contributed by atoms with Crippen LogP contribution in [-0.2, 0) is 21.4 Å². The number of hydrogen-bond donors (Lipinski definition) is 1. The van der Waals surface area contributed by atoms with Crippen molar-refractivity contribution >= 4 is 18.2 Å². The molecule has 0 aliphatic heterocycles. The minimum atomic E-state index is -0.568. The molecule has 0 saturated heterocycles. The highest BCUT2D eigenvalue weighted by molar-refractivity contribution is 5.91. The molecule has 1 aromatic heterocycles. The lowest BCUT2D eigenvalue weighted by Crippen LogP contribution is -2.24. The Morgan fingerprint density at radius 1 is 1.38 bits per heavy atom. The van der Waals surface area contributed by atoms with Gasteiger partial charge in [-0.15, -0.1) is 0 Å². The van der Waals surface area contributed by atoms with Crippen molar-refractivity contribution in [3.63, 3.8) is 0 Å². The fourth-order valence-electron chi connectivity index (χ4n) is 1.74. The zero-order valence-electron chi connectivity index (χ0n) is 11.3. The minimum Gasteiger partial charge on any atom is -0.458 e. The molecule has 0 atom stereocenters. The highest BCUT2D eigenvalue weighted by Gasteiger charge is 2.10. The zero-order chi connectivity index (χ0) is 15.2.